The average molecular weight is 1140 g/mol. The number of rotatable bonds is 59. The van der Waals surface area contributed by atoms with E-state index in [4.69, 9.17) is 14.2 Å². The molecule has 0 spiro atoms. The Labute approximate surface area is 511 Å². The van der Waals surface area contributed by atoms with Gasteiger partial charge in [-0.05, 0) is 135 Å². The molecule has 0 bridgehead atoms. The minimum absolute atomic E-state index is 0.0929. The normalized spacial score (nSPS) is 13.2. The van der Waals surface area contributed by atoms with Crippen LogP contribution in [0.25, 0.3) is 0 Å². The van der Waals surface area contributed by atoms with Crippen molar-refractivity contribution >= 4 is 17.9 Å². The fourth-order valence-electron chi connectivity index (χ4n) is 8.76. The van der Waals surface area contributed by atoms with Crippen LogP contribution in [-0.4, -0.2) is 37.2 Å². The van der Waals surface area contributed by atoms with Crippen molar-refractivity contribution in [2.75, 3.05) is 13.2 Å². The van der Waals surface area contributed by atoms with E-state index in [0.717, 1.165) is 173 Å². The molecule has 0 aliphatic rings. The first kappa shape index (κ1) is 77.8. The Balaban J connectivity index is 4.13. The van der Waals surface area contributed by atoms with Crippen LogP contribution in [0.1, 0.15) is 278 Å². The van der Waals surface area contributed by atoms with Gasteiger partial charge in [-0.25, -0.2) is 0 Å². The SMILES string of the molecule is CC/C=C\C/C=C\C/C=C\C/C=C\C/C=C\C/C=C\C/C=C\C/C=C\C/C=C\C/C=C\CCCCCCC(=O)OCC(COC(=O)CCCCCCC)OC(=O)CCCCCCCCCCCCCC/C=C\C/C=C\C/C=C\C/C=C\CC. The topological polar surface area (TPSA) is 78.9 Å². The van der Waals surface area contributed by atoms with Crippen LogP contribution in [-0.2, 0) is 28.6 Å². The number of hydrogen-bond donors (Lipinski definition) is 0. The van der Waals surface area contributed by atoms with E-state index in [1.807, 2.05) is 0 Å². The second-order valence-corrected chi connectivity index (χ2v) is 21.6. The zero-order valence-electron chi connectivity index (χ0n) is 53.4. The lowest BCUT2D eigenvalue weighted by molar-refractivity contribution is -0.167. The monoisotopic (exact) mass is 1140 g/mol. The van der Waals surface area contributed by atoms with E-state index >= 15 is 0 Å². The molecule has 0 aromatic heterocycles. The molecule has 0 aliphatic carbocycles. The summed E-state index contributed by atoms with van der Waals surface area (Å²) in [5.41, 5.74) is 0. The number of carbonyl (C=O) groups is 3. The van der Waals surface area contributed by atoms with Crippen molar-refractivity contribution in [3.63, 3.8) is 0 Å². The summed E-state index contributed by atoms with van der Waals surface area (Å²) >= 11 is 0. The lowest BCUT2D eigenvalue weighted by Gasteiger charge is -2.18. The van der Waals surface area contributed by atoms with Gasteiger partial charge in [0.2, 0.25) is 0 Å². The molecule has 466 valence electrons. The number of carbonyl (C=O) groups excluding carboxylic acids is 3. The summed E-state index contributed by atoms with van der Waals surface area (Å²) in [6, 6.07) is 0. The van der Waals surface area contributed by atoms with E-state index in [-0.39, 0.29) is 31.1 Å². The highest BCUT2D eigenvalue weighted by Gasteiger charge is 2.19. The van der Waals surface area contributed by atoms with E-state index in [2.05, 4.69) is 191 Å². The maximum absolute atomic E-state index is 12.8. The van der Waals surface area contributed by atoms with Gasteiger partial charge in [-0.1, -0.05) is 294 Å². The molecule has 6 heteroatoms. The van der Waals surface area contributed by atoms with Crippen LogP contribution in [0.5, 0.6) is 0 Å². The third-order valence-corrected chi connectivity index (χ3v) is 13.7. The van der Waals surface area contributed by atoms with Crippen LogP contribution >= 0.6 is 0 Å². The van der Waals surface area contributed by atoms with Gasteiger partial charge >= 0.3 is 17.9 Å². The van der Waals surface area contributed by atoms with Crippen LogP contribution in [0.15, 0.2) is 170 Å². The Hall–Kier alpha value is -5.23. The number of esters is 3. The molecule has 1 atom stereocenters. The average Bonchev–Trinajstić information content (AvgIpc) is 3.49. The highest BCUT2D eigenvalue weighted by Crippen LogP contribution is 2.15. The van der Waals surface area contributed by atoms with Crippen LogP contribution < -0.4 is 0 Å². The van der Waals surface area contributed by atoms with Gasteiger partial charge in [-0.2, -0.15) is 0 Å². The standard InChI is InChI=1S/C77H122O6/c1-4-7-10-13-15-17-19-21-23-25-27-29-31-33-34-35-36-37-38-39-40-41-42-44-45-47-49-51-53-55-57-59-61-64-67-70-76(79)82-73-74(72-81-75(78)69-66-63-12-9-6-3)83-77(80)71-68-65-62-60-58-56-54-52-50-48-46-43-32-30-28-26-24-22-20-18-16-14-11-8-5-2/h7-8,10-11,15-18,21-24,27-30,33-34,36-37,39-40,42,44,47,49,53,55,74H,4-6,9,12-14,19-20,25-26,31-32,35,38,41,43,45-46,48,50-52,54,56-73H2,1-3H3/b10-7-,11-8-,17-15-,18-16-,23-21-,24-22-,29-27-,30-28-,34-33-,37-36-,40-39-,44-42-,49-47-,55-53-. The quantitative estimate of drug-likeness (QED) is 0.0261. The van der Waals surface area contributed by atoms with Crippen molar-refractivity contribution in [2.24, 2.45) is 0 Å². The smallest absolute Gasteiger partial charge is 0.306 e. The molecule has 6 nitrogen and oxygen atoms in total. The van der Waals surface area contributed by atoms with Crippen LogP contribution in [0, 0.1) is 0 Å². The number of hydrogen-bond acceptors (Lipinski definition) is 6. The molecule has 0 heterocycles. The van der Waals surface area contributed by atoms with Crippen molar-refractivity contribution in [3.05, 3.63) is 170 Å². The molecule has 0 saturated carbocycles. The van der Waals surface area contributed by atoms with Gasteiger partial charge in [-0.3, -0.25) is 14.4 Å². The molecular weight excluding hydrogens is 1020 g/mol. The highest BCUT2D eigenvalue weighted by atomic mass is 16.6. The molecule has 0 aromatic rings. The van der Waals surface area contributed by atoms with Gasteiger partial charge in [0.25, 0.3) is 0 Å². The summed E-state index contributed by atoms with van der Waals surface area (Å²) < 4.78 is 16.8. The van der Waals surface area contributed by atoms with Gasteiger partial charge in [-0.15, -0.1) is 0 Å². The lowest BCUT2D eigenvalue weighted by Crippen LogP contribution is -2.30. The summed E-state index contributed by atoms with van der Waals surface area (Å²) in [7, 11) is 0. The highest BCUT2D eigenvalue weighted by molar-refractivity contribution is 5.71. The lowest BCUT2D eigenvalue weighted by atomic mass is 10.0. The Morgan fingerprint density at radius 3 is 0.735 bits per heavy atom. The maximum Gasteiger partial charge on any atom is 0.306 e. The maximum atomic E-state index is 12.8. The second-order valence-electron chi connectivity index (χ2n) is 21.6. The van der Waals surface area contributed by atoms with Crippen LogP contribution in [0.3, 0.4) is 0 Å². The number of ether oxygens (including phenoxy) is 3. The van der Waals surface area contributed by atoms with Crippen molar-refractivity contribution in [2.45, 2.75) is 284 Å². The minimum atomic E-state index is -0.794. The van der Waals surface area contributed by atoms with Gasteiger partial charge in [0.1, 0.15) is 13.2 Å². The molecule has 0 N–H and O–H groups in total. The van der Waals surface area contributed by atoms with Gasteiger partial charge < -0.3 is 14.2 Å². The third-order valence-electron chi connectivity index (χ3n) is 13.7. The second kappa shape index (κ2) is 69.3. The van der Waals surface area contributed by atoms with E-state index < -0.39 is 6.10 Å². The van der Waals surface area contributed by atoms with E-state index in [1.54, 1.807) is 0 Å². The Bertz CT molecular complexity index is 1890. The first-order valence-electron chi connectivity index (χ1n) is 33.6. The van der Waals surface area contributed by atoms with E-state index in [0.29, 0.717) is 19.3 Å². The van der Waals surface area contributed by atoms with Crippen molar-refractivity contribution in [1.29, 1.82) is 0 Å². The molecule has 0 radical (unpaired) electrons. The number of unbranched alkanes of at least 4 members (excludes halogenated alkanes) is 20. The summed E-state index contributed by atoms with van der Waals surface area (Å²) in [5, 5.41) is 0. The molecular formula is C77H122O6. The van der Waals surface area contributed by atoms with Crippen LogP contribution in [0.4, 0.5) is 0 Å². The zero-order chi connectivity index (χ0) is 59.9. The minimum Gasteiger partial charge on any atom is -0.462 e. The van der Waals surface area contributed by atoms with Gasteiger partial charge in [0.15, 0.2) is 6.10 Å². The molecule has 0 aliphatic heterocycles. The predicted octanol–water partition coefficient (Wildman–Crippen LogP) is 23.4. The first-order valence-corrected chi connectivity index (χ1v) is 33.6. The molecule has 0 amide bonds. The summed E-state index contributed by atoms with van der Waals surface area (Å²) in [4.78, 5) is 38.0. The fourth-order valence-corrected chi connectivity index (χ4v) is 8.76. The van der Waals surface area contributed by atoms with E-state index in [9.17, 15) is 14.4 Å². The third kappa shape index (κ3) is 67.4. The Morgan fingerprint density at radius 1 is 0.253 bits per heavy atom. The largest absolute Gasteiger partial charge is 0.462 e. The molecule has 1 unspecified atom stereocenters. The fraction of sp³-hybridized carbons (Fsp3) is 0.597. The molecule has 83 heavy (non-hydrogen) atoms. The predicted molar refractivity (Wildman–Crippen MR) is 361 cm³/mol. The van der Waals surface area contributed by atoms with Gasteiger partial charge in [0, 0.05) is 19.3 Å². The summed E-state index contributed by atoms with van der Waals surface area (Å²) in [6.07, 6.45) is 103. The molecule has 0 rings (SSSR count). The van der Waals surface area contributed by atoms with Crippen molar-refractivity contribution < 1.29 is 28.6 Å². The van der Waals surface area contributed by atoms with E-state index in [1.165, 1.54) is 64.2 Å². The summed E-state index contributed by atoms with van der Waals surface area (Å²) in [6.45, 7) is 6.30. The van der Waals surface area contributed by atoms with Crippen LogP contribution in [0.2, 0.25) is 0 Å². The van der Waals surface area contributed by atoms with Crippen molar-refractivity contribution in [1.82, 2.24) is 0 Å². The van der Waals surface area contributed by atoms with Crippen molar-refractivity contribution in [3.8, 4) is 0 Å². The van der Waals surface area contributed by atoms with Gasteiger partial charge in [0.05, 0.1) is 0 Å². The molecule has 0 fully saturated rings. The zero-order valence-corrected chi connectivity index (χ0v) is 53.4. The first-order chi connectivity index (χ1) is 41.0. The number of allylic oxidation sites excluding steroid dienone is 28. The molecule has 0 saturated heterocycles. The molecule has 0 aromatic carbocycles. The Kier molecular flexibility index (Phi) is 64.9. The summed E-state index contributed by atoms with van der Waals surface area (Å²) in [5.74, 6) is -0.938. The Morgan fingerprint density at radius 2 is 0.470 bits per heavy atom.